The van der Waals surface area contributed by atoms with Gasteiger partial charge in [0.05, 0.1) is 19.8 Å². The highest BCUT2D eigenvalue weighted by Gasteiger charge is 2.25. The molecule has 0 fully saturated rings. The number of carbonyl (C=O) groups is 1. The lowest BCUT2D eigenvalue weighted by Gasteiger charge is -2.20. The normalized spacial score (nSPS) is 14.4. The Hall–Kier alpha value is -2.06. The second-order valence-electron chi connectivity index (χ2n) is 12.8. The summed E-state index contributed by atoms with van der Waals surface area (Å²) in [5.41, 5.74) is 5.35. The van der Waals surface area contributed by atoms with Crippen molar-refractivity contribution in [3.63, 3.8) is 0 Å². The van der Waals surface area contributed by atoms with Crippen LogP contribution >= 0.6 is 7.82 Å². The molecule has 0 aliphatic heterocycles. The molecule has 2 unspecified atom stereocenters. The maximum Gasteiger partial charge on any atom is 0.472 e. The van der Waals surface area contributed by atoms with Crippen LogP contribution in [0.15, 0.2) is 72.9 Å². The lowest BCUT2D eigenvalue weighted by Crippen LogP contribution is -2.28. The van der Waals surface area contributed by atoms with E-state index in [1.165, 1.54) is 57.8 Å². The molecular weight excluding hydrogens is 661 g/mol. The molecular formula is C42H74NO7P. The summed E-state index contributed by atoms with van der Waals surface area (Å²) in [6.45, 7) is 4.70. The Bertz CT molecular complexity index is 1010. The van der Waals surface area contributed by atoms with Gasteiger partial charge in [0.15, 0.2) is 0 Å². The van der Waals surface area contributed by atoms with Gasteiger partial charge < -0.3 is 20.1 Å². The molecule has 0 radical (unpaired) electrons. The summed E-state index contributed by atoms with van der Waals surface area (Å²) in [4.78, 5) is 22.4. The smallest absolute Gasteiger partial charge is 0.457 e. The van der Waals surface area contributed by atoms with Crippen LogP contribution in [0.25, 0.3) is 0 Å². The topological polar surface area (TPSA) is 117 Å². The molecule has 2 atom stereocenters. The summed E-state index contributed by atoms with van der Waals surface area (Å²) in [7, 11) is -4.29. The number of nitrogens with two attached hydrogens (primary N) is 1. The maximum absolute atomic E-state index is 12.5. The van der Waals surface area contributed by atoms with Gasteiger partial charge in [-0.05, 0) is 83.5 Å². The Kier molecular flexibility index (Phi) is 37.6. The van der Waals surface area contributed by atoms with E-state index in [2.05, 4.69) is 86.8 Å². The molecule has 0 aromatic carbocycles. The van der Waals surface area contributed by atoms with E-state index in [1.54, 1.807) is 0 Å². The molecule has 0 aromatic heterocycles. The molecule has 0 aliphatic carbocycles. The van der Waals surface area contributed by atoms with E-state index in [4.69, 9.17) is 24.3 Å². The maximum atomic E-state index is 12.5. The molecule has 294 valence electrons. The predicted molar refractivity (Wildman–Crippen MR) is 215 cm³/mol. The van der Waals surface area contributed by atoms with Crippen molar-refractivity contribution in [3.8, 4) is 0 Å². The predicted octanol–water partition coefficient (Wildman–Crippen LogP) is 11.6. The van der Waals surface area contributed by atoms with E-state index in [9.17, 15) is 14.3 Å². The fourth-order valence-electron chi connectivity index (χ4n) is 4.96. The van der Waals surface area contributed by atoms with Gasteiger partial charge in [-0.2, -0.15) is 0 Å². The van der Waals surface area contributed by atoms with Crippen molar-refractivity contribution >= 4 is 13.8 Å². The third-order valence-corrected chi connectivity index (χ3v) is 8.84. The van der Waals surface area contributed by atoms with Crippen LogP contribution in [0.3, 0.4) is 0 Å². The molecule has 0 rings (SSSR count). The number of hydrogen-bond donors (Lipinski definition) is 2. The number of allylic oxidation sites excluding steroid dienone is 12. The SMILES string of the molecule is CC/C=C\C/C=C\C/C=C\C/C=C\C/C=C\CCCCCC(=O)OC(COCCCCCCCC/C=C\CCCCC)COP(=O)(O)OCCN. The van der Waals surface area contributed by atoms with E-state index >= 15 is 0 Å². The van der Waals surface area contributed by atoms with Crippen LogP contribution in [-0.2, 0) is 27.9 Å². The minimum absolute atomic E-state index is 0.0900. The minimum atomic E-state index is -4.29. The van der Waals surface area contributed by atoms with E-state index in [0.717, 1.165) is 64.2 Å². The van der Waals surface area contributed by atoms with E-state index in [-0.39, 0.29) is 38.8 Å². The highest BCUT2D eigenvalue weighted by molar-refractivity contribution is 7.47. The highest BCUT2D eigenvalue weighted by atomic mass is 31.2. The van der Waals surface area contributed by atoms with Crippen molar-refractivity contribution in [1.82, 2.24) is 0 Å². The molecule has 0 saturated heterocycles. The first-order valence-corrected chi connectivity index (χ1v) is 21.4. The molecule has 51 heavy (non-hydrogen) atoms. The van der Waals surface area contributed by atoms with Crippen LogP contribution in [0.5, 0.6) is 0 Å². The highest BCUT2D eigenvalue weighted by Crippen LogP contribution is 2.43. The number of phosphoric acid groups is 1. The van der Waals surface area contributed by atoms with E-state index in [1.807, 2.05) is 0 Å². The Morgan fingerprint density at radius 1 is 0.608 bits per heavy atom. The average molecular weight is 736 g/mol. The Labute approximate surface area is 312 Å². The third kappa shape index (κ3) is 39.0. The van der Waals surface area contributed by atoms with Crippen molar-refractivity contribution in [1.29, 1.82) is 0 Å². The molecule has 0 amide bonds. The summed E-state index contributed by atoms with van der Waals surface area (Å²) in [5.74, 6) is -0.367. The van der Waals surface area contributed by atoms with Crippen molar-refractivity contribution in [2.24, 2.45) is 5.73 Å². The third-order valence-electron chi connectivity index (χ3n) is 7.86. The van der Waals surface area contributed by atoms with E-state index < -0.39 is 13.9 Å². The Morgan fingerprint density at radius 3 is 1.67 bits per heavy atom. The van der Waals surface area contributed by atoms with Gasteiger partial charge in [0.1, 0.15) is 6.10 Å². The van der Waals surface area contributed by atoms with Gasteiger partial charge >= 0.3 is 13.8 Å². The van der Waals surface area contributed by atoms with Crippen LogP contribution < -0.4 is 5.73 Å². The summed E-state index contributed by atoms with van der Waals surface area (Å²) >= 11 is 0. The quantitative estimate of drug-likeness (QED) is 0.0280. The first-order chi connectivity index (χ1) is 24.9. The Morgan fingerprint density at radius 2 is 1.10 bits per heavy atom. The molecule has 8 nitrogen and oxygen atoms in total. The van der Waals surface area contributed by atoms with Gasteiger partial charge in [-0.1, -0.05) is 132 Å². The second-order valence-corrected chi connectivity index (χ2v) is 14.2. The lowest BCUT2D eigenvalue weighted by molar-refractivity contribution is -0.154. The number of hydrogen-bond acceptors (Lipinski definition) is 7. The Balaban J connectivity index is 4.17. The molecule has 0 saturated carbocycles. The van der Waals surface area contributed by atoms with Gasteiger partial charge in [-0.25, -0.2) is 4.57 Å². The molecule has 0 heterocycles. The summed E-state index contributed by atoms with van der Waals surface area (Å²) in [5, 5.41) is 0. The monoisotopic (exact) mass is 736 g/mol. The van der Waals surface area contributed by atoms with Crippen molar-refractivity contribution in [2.75, 3.05) is 33.0 Å². The van der Waals surface area contributed by atoms with Crippen molar-refractivity contribution in [3.05, 3.63) is 72.9 Å². The fraction of sp³-hybridized carbons (Fsp3) is 0.690. The number of unbranched alkanes of at least 4 members (excludes halogenated alkanes) is 12. The number of carbonyl (C=O) groups excluding carboxylic acids is 1. The molecule has 0 aliphatic rings. The number of esters is 1. The zero-order valence-corrected chi connectivity index (χ0v) is 33.2. The molecule has 0 bridgehead atoms. The second kappa shape index (κ2) is 39.2. The summed E-state index contributed by atoms with van der Waals surface area (Å²) < 4.78 is 33.3. The first kappa shape index (κ1) is 48.9. The fourth-order valence-corrected chi connectivity index (χ4v) is 5.72. The summed E-state index contributed by atoms with van der Waals surface area (Å²) in [6.07, 6.45) is 47.7. The van der Waals surface area contributed by atoms with E-state index in [0.29, 0.717) is 13.0 Å². The number of phosphoric ester groups is 1. The zero-order valence-electron chi connectivity index (χ0n) is 32.3. The summed E-state index contributed by atoms with van der Waals surface area (Å²) in [6, 6.07) is 0. The standard InChI is InChI=1S/C42H74NO7P/c1-3-5-7-9-11-13-15-17-18-19-20-21-22-23-25-27-29-31-33-35-42(44)50-41(40-49-51(45,46)48-38-36-43)39-47-37-34-32-30-28-26-24-16-14-12-10-8-6-4-2/h5,7,11-14,17-18,20-21,23,25,41H,3-4,6,8-10,15-16,19,22,24,26-40,43H2,1-2H3,(H,45,46)/b7-5-,13-11-,14-12-,18-17-,21-20-,25-23-. The van der Waals surface area contributed by atoms with Gasteiger partial charge in [-0.3, -0.25) is 13.8 Å². The minimum Gasteiger partial charge on any atom is -0.457 e. The number of rotatable bonds is 37. The van der Waals surface area contributed by atoms with Gasteiger partial charge in [0.2, 0.25) is 0 Å². The van der Waals surface area contributed by atoms with Crippen LogP contribution in [0.4, 0.5) is 0 Å². The molecule has 3 N–H and O–H groups in total. The van der Waals surface area contributed by atoms with Gasteiger partial charge in [0.25, 0.3) is 0 Å². The van der Waals surface area contributed by atoms with Crippen LogP contribution in [0.2, 0.25) is 0 Å². The van der Waals surface area contributed by atoms with Gasteiger partial charge in [0, 0.05) is 19.6 Å². The molecule has 0 aromatic rings. The zero-order chi connectivity index (χ0) is 37.4. The largest absolute Gasteiger partial charge is 0.472 e. The van der Waals surface area contributed by atoms with Crippen molar-refractivity contribution < 1.29 is 32.8 Å². The first-order valence-electron chi connectivity index (χ1n) is 19.9. The van der Waals surface area contributed by atoms with Gasteiger partial charge in [-0.15, -0.1) is 0 Å². The van der Waals surface area contributed by atoms with Crippen molar-refractivity contribution in [2.45, 2.75) is 155 Å². The number of ether oxygens (including phenoxy) is 2. The molecule has 0 spiro atoms. The van der Waals surface area contributed by atoms with Crippen LogP contribution in [-0.4, -0.2) is 49.9 Å². The van der Waals surface area contributed by atoms with Crippen LogP contribution in [0.1, 0.15) is 149 Å². The lowest BCUT2D eigenvalue weighted by atomic mass is 10.1. The van der Waals surface area contributed by atoms with Crippen LogP contribution in [0, 0.1) is 0 Å². The average Bonchev–Trinajstić information content (AvgIpc) is 3.12. The molecule has 9 heteroatoms.